The third kappa shape index (κ3) is 2.64. The van der Waals surface area contributed by atoms with Gasteiger partial charge in [-0.1, -0.05) is 24.3 Å². The number of halogens is 4. The van der Waals surface area contributed by atoms with E-state index in [1.54, 1.807) is 0 Å². The van der Waals surface area contributed by atoms with Crippen LogP contribution in [0.3, 0.4) is 0 Å². The molecule has 0 saturated heterocycles. The summed E-state index contributed by atoms with van der Waals surface area (Å²) in [6, 6.07) is 7.51. The summed E-state index contributed by atoms with van der Waals surface area (Å²) in [5.41, 5.74) is -1.18. The number of hydrogen-bond donors (Lipinski definition) is 1. The second-order valence-corrected chi connectivity index (χ2v) is 4.04. The smallest absolute Gasteiger partial charge is 0.416 e. The molecule has 0 aromatic heterocycles. The maximum Gasteiger partial charge on any atom is 0.416 e. The molecule has 0 unspecified atom stereocenters. The van der Waals surface area contributed by atoms with Gasteiger partial charge in [0.05, 0.1) is 5.56 Å². The number of carboxylic acids is 1. The lowest BCUT2D eigenvalue weighted by Crippen LogP contribution is -2.05. The van der Waals surface area contributed by atoms with Gasteiger partial charge >= 0.3 is 12.1 Å². The van der Waals surface area contributed by atoms with Crippen LogP contribution in [0, 0.1) is 5.82 Å². The predicted molar refractivity (Wildman–Crippen MR) is 63.8 cm³/mol. The molecule has 0 fully saturated rings. The standard InChI is InChI=1S/C14H8F4O2/c15-11-3-1-2-10(12(11)13(19)20)8-4-6-9(7-5-8)14(16,17)18/h1-7H,(H,19,20). The Morgan fingerprint density at radius 2 is 1.60 bits per heavy atom. The van der Waals surface area contributed by atoms with Crippen molar-refractivity contribution in [1.29, 1.82) is 0 Å². The SMILES string of the molecule is O=C(O)c1c(F)cccc1-c1ccc(C(F)(F)F)cc1. The summed E-state index contributed by atoms with van der Waals surface area (Å²) >= 11 is 0. The Kier molecular flexibility index (Phi) is 3.48. The Bertz CT molecular complexity index is 645. The van der Waals surface area contributed by atoms with Gasteiger partial charge in [0, 0.05) is 0 Å². The van der Waals surface area contributed by atoms with E-state index in [0.29, 0.717) is 0 Å². The van der Waals surface area contributed by atoms with Gasteiger partial charge in [0.2, 0.25) is 0 Å². The molecule has 0 atom stereocenters. The second kappa shape index (κ2) is 4.96. The van der Waals surface area contributed by atoms with Gasteiger partial charge in [0.25, 0.3) is 0 Å². The quantitative estimate of drug-likeness (QED) is 0.839. The minimum absolute atomic E-state index is 0.0335. The van der Waals surface area contributed by atoms with Crippen LogP contribution in [0.25, 0.3) is 11.1 Å². The van der Waals surface area contributed by atoms with E-state index in [1.807, 2.05) is 0 Å². The van der Waals surface area contributed by atoms with Gasteiger partial charge in [-0.2, -0.15) is 13.2 Å². The first kappa shape index (κ1) is 14.0. The second-order valence-electron chi connectivity index (χ2n) is 4.04. The Morgan fingerprint density at radius 3 is 2.10 bits per heavy atom. The molecule has 1 N–H and O–H groups in total. The molecule has 0 bridgehead atoms. The van der Waals surface area contributed by atoms with Crippen LogP contribution < -0.4 is 0 Å². The maximum atomic E-state index is 13.5. The summed E-state index contributed by atoms with van der Waals surface area (Å²) < 4.78 is 50.8. The minimum atomic E-state index is -4.48. The van der Waals surface area contributed by atoms with Crippen molar-refractivity contribution in [2.24, 2.45) is 0 Å². The Morgan fingerprint density at radius 1 is 1.00 bits per heavy atom. The molecule has 2 aromatic carbocycles. The molecule has 6 heteroatoms. The average molecular weight is 284 g/mol. The molecule has 0 aliphatic heterocycles. The van der Waals surface area contributed by atoms with Crippen molar-refractivity contribution < 1.29 is 27.5 Å². The molecular formula is C14H8F4O2. The third-order valence-corrected chi connectivity index (χ3v) is 2.75. The summed E-state index contributed by atoms with van der Waals surface area (Å²) in [6.45, 7) is 0. The van der Waals surface area contributed by atoms with Crippen molar-refractivity contribution in [3.8, 4) is 11.1 Å². The van der Waals surface area contributed by atoms with Gasteiger partial charge < -0.3 is 5.11 Å². The lowest BCUT2D eigenvalue weighted by Gasteiger charge is -2.10. The Balaban J connectivity index is 2.53. The Hall–Kier alpha value is -2.37. The van der Waals surface area contributed by atoms with Crippen LogP contribution in [0.2, 0.25) is 0 Å². The van der Waals surface area contributed by atoms with Gasteiger partial charge in [-0.25, -0.2) is 9.18 Å². The zero-order chi connectivity index (χ0) is 14.9. The number of benzene rings is 2. The van der Waals surface area contributed by atoms with E-state index in [-0.39, 0.29) is 11.1 Å². The highest BCUT2D eigenvalue weighted by atomic mass is 19.4. The Labute approximate surface area is 111 Å². The molecule has 0 aliphatic carbocycles. The fourth-order valence-corrected chi connectivity index (χ4v) is 1.82. The van der Waals surface area contributed by atoms with Gasteiger partial charge in [0.15, 0.2) is 0 Å². The molecule has 104 valence electrons. The summed E-state index contributed by atoms with van der Waals surface area (Å²) in [7, 11) is 0. The molecule has 2 rings (SSSR count). The fraction of sp³-hybridized carbons (Fsp3) is 0.0714. The molecule has 2 nitrogen and oxygen atoms in total. The monoisotopic (exact) mass is 284 g/mol. The molecule has 0 radical (unpaired) electrons. The van der Waals surface area contributed by atoms with E-state index >= 15 is 0 Å². The first-order valence-corrected chi connectivity index (χ1v) is 5.50. The lowest BCUT2D eigenvalue weighted by molar-refractivity contribution is -0.137. The molecule has 0 saturated carbocycles. The van der Waals surface area contributed by atoms with Crippen molar-refractivity contribution in [2.45, 2.75) is 6.18 Å². The van der Waals surface area contributed by atoms with Crippen molar-refractivity contribution in [3.63, 3.8) is 0 Å². The molecule has 20 heavy (non-hydrogen) atoms. The first-order valence-electron chi connectivity index (χ1n) is 5.50. The van der Waals surface area contributed by atoms with Crippen LogP contribution in [0.5, 0.6) is 0 Å². The molecule has 0 amide bonds. The number of hydrogen-bond acceptors (Lipinski definition) is 1. The number of aromatic carboxylic acids is 1. The molecule has 0 aliphatic rings. The normalized spacial score (nSPS) is 11.4. The van der Waals surface area contributed by atoms with Crippen LogP contribution in [-0.4, -0.2) is 11.1 Å². The fourth-order valence-electron chi connectivity index (χ4n) is 1.82. The average Bonchev–Trinajstić information content (AvgIpc) is 2.37. The summed E-state index contributed by atoms with van der Waals surface area (Å²) in [5.74, 6) is -2.41. The van der Waals surface area contributed by atoms with Gasteiger partial charge in [-0.05, 0) is 29.3 Å². The molecule has 2 aromatic rings. The zero-order valence-electron chi connectivity index (χ0n) is 9.91. The minimum Gasteiger partial charge on any atom is -0.478 e. The molecule has 0 heterocycles. The van der Waals surface area contributed by atoms with E-state index in [2.05, 4.69) is 0 Å². The maximum absolute atomic E-state index is 13.5. The van der Waals surface area contributed by atoms with E-state index in [9.17, 15) is 22.4 Å². The largest absolute Gasteiger partial charge is 0.478 e. The van der Waals surface area contributed by atoms with Crippen molar-refractivity contribution in [1.82, 2.24) is 0 Å². The summed E-state index contributed by atoms with van der Waals surface area (Å²) in [6.07, 6.45) is -4.48. The van der Waals surface area contributed by atoms with E-state index < -0.39 is 29.1 Å². The lowest BCUT2D eigenvalue weighted by atomic mass is 9.98. The molecular weight excluding hydrogens is 276 g/mol. The topological polar surface area (TPSA) is 37.3 Å². The van der Waals surface area contributed by atoms with Crippen LogP contribution in [0.1, 0.15) is 15.9 Å². The van der Waals surface area contributed by atoms with Gasteiger partial charge in [0.1, 0.15) is 11.4 Å². The van der Waals surface area contributed by atoms with Crippen LogP contribution in [-0.2, 0) is 6.18 Å². The van der Waals surface area contributed by atoms with Gasteiger partial charge in [-0.15, -0.1) is 0 Å². The highest BCUT2D eigenvalue weighted by Gasteiger charge is 2.30. The number of rotatable bonds is 2. The number of alkyl halides is 3. The number of carbonyl (C=O) groups is 1. The zero-order valence-corrected chi connectivity index (χ0v) is 9.91. The van der Waals surface area contributed by atoms with Crippen molar-refractivity contribution in [3.05, 3.63) is 59.4 Å². The highest BCUT2D eigenvalue weighted by Crippen LogP contribution is 2.32. The predicted octanol–water partition coefficient (Wildman–Crippen LogP) is 4.21. The van der Waals surface area contributed by atoms with E-state index in [4.69, 9.17) is 5.11 Å². The summed E-state index contributed by atoms with van der Waals surface area (Å²) in [4.78, 5) is 11.0. The highest BCUT2D eigenvalue weighted by molar-refractivity contribution is 5.96. The van der Waals surface area contributed by atoms with Crippen molar-refractivity contribution in [2.75, 3.05) is 0 Å². The third-order valence-electron chi connectivity index (χ3n) is 2.75. The van der Waals surface area contributed by atoms with Crippen LogP contribution in [0.4, 0.5) is 17.6 Å². The van der Waals surface area contributed by atoms with E-state index in [0.717, 1.165) is 30.3 Å². The molecule has 0 spiro atoms. The van der Waals surface area contributed by atoms with Crippen LogP contribution >= 0.6 is 0 Å². The van der Waals surface area contributed by atoms with E-state index in [1.165, 1.54) is 12.1 Å². The van der Waals surface area contributed by atoms with Crippen LogP contribution in [0.15, 0.2) is 42.5 Å². The van der Waals surface area contributed by atoms with Crippen molar-refractivity contribution >= 4 is 5.97 Å². The number of carboxylic acid groups (broad SMARTS) is 1. The summed E-state index contributed by atoms with van der Waals surface area (Å²) in [5, 5.41) is 8.97. The van der Waals surface area contributed by atoms with Gasteiger partial charge in [-0.3, -0.25) is 0 Å². The first-order chi connectivity index (χ1) is 9.30.